The number of hydrogen-bond acceptors (Lipinski definition) is 24. The summed E-state index contributed by atoms with van der Waals surface area (Å²) in [7, 11) is 8.44. The molecule has 0 saturated heterocycles. The van der Waals surface area contributed by atoms with Crippen LogP contribution in [0.4, 0.5) is 0 Å². The number of rotatable bonds is 45. The van der Waals surface area contributed by atoms with Crippen molar-refractivity contribution in [2.24, 2.45) is 49.7 Å². The van der Waals surface area contributed by atoms with Crippen molar-refractivity contribution < 1.29 is 129 Å². The lowest BCUT2D eigenvalue weighted by Gasteiger charge is -2.29. The minimum Gasteiger partial charge on any atom is -0.481 e. The smallest absolute Gasteiger partial charge is 0.316 e. The zero-order chi connectivity index (χ0) is 111. The molecule has 0 amide bonds. The molecule has 0 aliphatic rings. The molecule has 3 N–H and O–H groups in total. The molecule has 0 spiro atoms. The number of hydrogen-bond donors (Lipinski definition) is 3. The van der Waals surface area contributed by atoms with Crippen LogP contribution in [-0.4, -0.2) is 207 Å². The largest absolute Gasteiger partial charge is 0.481 e. The van der Waals surface area contributed by atoms with Gasteiger partial charge in [0.25, 0.3) is 0 Å². The highest BCUT2D eigenvalue weighted by atomic mass is 79.9. The fourth-order valence-electron chi connectivity index (χ4n) is 10.5. The number of likely N-dealkylation sites (N-methyl/N-ethyl adjacent to an activating group) is 2. The molecular weight excluding hydrogens is 1990 g/mol. The molecule has 2 atom stereocenters. The highest BCUT2D eigenvalue weighted by Crippen LogP contribution is 2.30. The quantitative estimate of drug-likeness (QED) is 0.0105. The van der Waals surface area contributed by atoms with E-state index in [0.29, 0.717) is 74.2 Å². The number of carboxylic acid groups (broad SMARTS) is 1. The molecule has 0 radical (unpaired) electrons. The van der Waals surface area contributed by atoms with Crippen LogP contribution in [0.2, 0.25) is 0 Å². The number of carbonyl (C=O) groups excluding carboxylic acids is 12. The van der Waals surface area contributed by atoms with E-state index in [9.17, 15) is 62.3 Å². The van der Waals surface area contributed by atoms with E-state index in [1.54, 1.807) is 50.2 Å². The number of nitrogens with zero attached hydrogens (tertiary/aromatic N) is 2. The lowest BCUT2D eigenvalue weighted by molar-refractivity contribution is -0.903. The van der Waals surface area contributed by atoms with Gasteiger partial charge in [0.2, 0.25) is 0 Å². The van der Waals surface area contributed by atoms with Crippen LogP contribution in [-0.2, 0) is 98.9 Å². The summed E-state index contributed by atoms with van der Waals surface area (Å²) in [6.07, 6.45) is 6.77. The standard InChI is InChI=1S/2C23H30NO3.C19H20O3.C9H16O4.3C9H18O2.2C8H16O3.2BrH/c2*1-5-18(2)23(26)27-16-15-24(3,4)17-19-11-13-21(14-12-19)22(25)20-9-7-6-8-10-20;1-4-19(2,3)18(21)22-16-12-10-15(11-13-16)17(20)14-8-6-5-7-9-14;1-4-9(2,3)8(12)13-6-5-7(10)11;3*1-6-9(4,5)8(10)11-7(2)3;2*1-4-8(2,3)7(10)11-6-5-9;;/h2*6-14,18H,5,15-17H2,1-4H3;5-13H,4H2,1-3H3;4-6H2,1-3H3,(H,10,11);3*7H,6H2,1-5H3;2*9H,4-6H2,1-3H3;2*1H/q2*+1;;;;;;;;;. The van der Waals surface area contributed by atoms with E-state index in [1.807, 2.05) is 328 Å². The van der Waals surface area contributed by atoms with Crippen molar-refractivity contribution in [1.29, 1.82) is 0 Å². The first kappa shape index (κ1) is 144. The zero-order valence-electron chi connectivity index (χ0n) is 94.9. The molecule has 27 nitrogen and oxygen atoms in total. The number of aliphatic hydroxyl groups is 2. The van der Waals surface area contributed by atoms with Gasteiger partial charge in [-0.1, -0.05) is 216 Å². The third-order valence-corrected chi connectivity index (χ3v) is 24.3. The second-order valence-electron chi connectivity index (χ2n) is 42.0. The SMILES string of the molecule is Br.Br.CCC(C)(C)C(=O)OC(C)C.CCC(C)(C)C(=O)OC(C)C.CCC(C)(C)C(=O)OC(C)C.CCC(C)(C)C(=O)OCCC(=O)O.CCC(C)(C)C(=O)OCCO.CCC(C)(C)C(=O)OCCO.CCC(C)(C)C(=O)Oc1ccc(C(=O)c2ccccc2)cc1.CCC(C)C(=O)OCC[N+](C)(C)Cc1ccc(C(=O)c2ccccc2)cc1.CCC(C)C(=O)OCC[N+](C)(C)Cc1ccc(C(=O)c2ccccc2)cc1. The van der Waals surface area contributed by atoms with E-state index in [4.69, 9.17) is 58.0 Å². The zero-order valence-corrected chi connectivity index (χ0v) is 98.3. The molecule has 0 bridgehead atoms. The van der Waals surface area contributed by atoms with Gasteiger partial charge in [-0.2, -0.15) is 0 Å². The molecule has 146 heavy (non-hydrogen) atoms. The molecule has 824 valence electrons. The minimum absolute atomic E-state index is 0. The van der Waals surface area contributed by atoms with Crippen LogP contribution in [0.25, 0.3) is 0 Å². The lowest BCUT2D eigenvalue weighted by atomic mass is 9.91. The Bertz CT molecular complexity index is 4510. The Morgan fingerprint density at radius 2 is 0.507 bits per heavy atom. The molecule has 0 saturated carbocycles. The normalized spacial score (nSPS) is 11.6. The number of ketones is 3. The number of quaternary nitrogens is 2. The maximum absolute atomic E-state index is 12.5. The van der Waals surface area contributed by atoms with Gasteiger partial charge in [0.05, 0.1) is 116 Å². The van der Waals surface area contributed by atoms with Crippen LogP contribution in [0.15, 0.2) is 164 Å². The summed E-state index contributed by atoms with van der Waals surface area (Å²) in [5, 5.41) is 25.0. The molecule has 6 aromatic rings. The summed E-state index contributed by atoms with van der Waals surface area (Å²) in [6.45, 7) is 62.4. The van der Waals surface area contributed by atoms with Crippen LogP contribution in [0.3, 0.4) is 0 Å². The van der Waals surface area contributed by atoms with Crippen LogP contribution < -0.4 is 4.74 Å². The van der Waals surface area contributed by atoms with E-state index in [0.717, 1.165) is 82.3 Å². The molecule has 6 rings (SSSR count). The second kappa shape index (κ2) is 73.0. The van der Waals surface area contributed by atoms with Gasteiger partial charge in [0.1, 0.15) is 65.0 Å². The molecule has 6 aromatic carbocycles. The van der Waals surface area contributed by atoms with Gasteiger partial charge in [-0.3, -0.25) is 62.3 Å². The summed E-state index contributed by atoms with van der Waals surface area (Å²) >= 11 is 0. The van der Waals surface area contributed by atoms with E-state index in [2.05, 4.69) is 28.2 Å². The van der Waals surface area contributed by atoms with Crippen LogP contribution in [0.1, 0.15) is 338 Å². The Morgan fingerprint density at radius 1 is 0.288 bits per heavy atom. The first-order valence-electron chi connectivity index (χ1n) is 50.6. The summed E-state index contributed by atoms with van der Waals surface area (Å²) < 4.78 is 47.0. The second-order valence-corrected chi connectivity index (χ2v) is 42.0. The maximum Gasteiger partial charge on any atom is 0.316 e. The predicted molar refractivity (Wildman–Crippen MR) is 589 cm³/mol. The fraction of sp³-hybridized carbons (Fsp3) is 0.581. The fourth-order valence-corrected chi connectivity index (χ4v) is 10.5. The van der Waals surface area contributed by atoms with Crippen molar-refractivity contribution in [2.75, 3.05) is 87.5 Å². The van der Waals surface area contributed by atoms with Crippen LogP contribution in [0, 0.1) is 49.7 Å². The van der Waals surface area contributed by atoms with Crippen molar-refractivity contribution in [1.82, 2.24) is 0 Å². The Kier molecular flexibility index (Phi) is 72.2. The van der Waals surface area contributed by atoms with Gasteiger partial charge in [-0.05, 0) is 221 Å². The number of esters is 9. The first-order chi connectivity index (χ1) is 66.8. The summed E-state index contributed by atoms with van der Waals surface area (Å²) in [5.41, 5.74) is 3.43. The molecule has 2 unspecified atom stereocenters. The molecule has 0 aliphatic carbocycles. The third kappa shape index (κ3) is 60.9. The Balaban J connectivity index is -0.000000525. The summed E-state index contributed by atoms with van der Waals surface area (Å²) in [6, 6.07) is 49.9. The van der Waals surface area contributed by atoms with Crippen molar-refractivity contribution in [3.63, 3.8) is 0 Å². The molecule has 0 heterocycles. The minimum atomic E-state index is -0.956. The third-order valence-electron chi connectivity index (χ3n) is 24.3. The molecule has 0 aliphatic heterocycles. The maximum atomic E-state index is 12.5. The van der Waals surface area contributed by atoms with E-state index in [1.165, 1.54) is 0 Å². The monoisotopic (exact) mass is 2180 g/mol. The van der Waals surface area contributed by atoms with Crippen molar-refractivity contribution in [3.05, 3.63) is 208 Å². The lowest BCUT2D eigenvalue weighted by Crippen LogP contribution is -2.42. The van der Waals surface area contributed by atoms with Crippen molar-refractivity contribution in [2.45, 2.75) is 310 Å². The van der Waals surface area contributed by atoms with Gasteiger partial charge < -0.3 is 66.9 Å². The predicted octanol–water partition coefficient (Wildman–Crippen LogP) is 24.1. The molecule has 29 heteroatoms. The van der Waals surface area contributed by atoms with E-state index < -0.39 is 27.6 Å². The highest BCUT2D eigenvalue weighted by molar-refractivity contribution is 8.93. The van der Waals surface area contributed by atoms with E-state index >= 15 is 0 Å². The number of aliphatic hydroxyl groups excluding tert-OH is 2. The Hall–Kier alpha value is -10.2. The van der Waals surface area contributed by atoms with Gasteiger partial charge in [-0.25, -0.2) is 0 Å². The average molecular weight is 2180 g/mol. The van der Waals surface area contributed by atoms with E-state index in [-0.39, 0.29) is 191 Å². The van der Waals surface area contributed by atoms with Crippen molar-refractivity contribution >= 4 is 111 Å². The summed E-state index contributed by atoms with van der Waals surface area (Å²) in [4.78, 5) is 150. The first-order valence-corrected chi connectivity index (χ1v) is 50.6. The number of benzene rings is 6. The number of ether oxygens (including phenoxy) is 9. The molecular formula is C117H184Br2N2O25+2. The van der Waals surface area contributed by atoms with Crippen LogP contribution >= 0.6 is 34.0 Å². The number of carboxylic acids is 1. The van der Waals surface area contributed by atoms with Gasteiger partial charge in [-0.15, -0.1) is 34.0 Å². The van der Waals surface area contributed by atoms with Gasteiger partial charge >= 0.3 is 59.7 Å². The average Bonchev–Trinajstić information content (AvgIpc) is 0.843. The number of aliphatic carboxylic acids is 1. The molecule has 0 aromatic heterocycles. The van der Waals surface area contributed by atoms with Gasteiger partial charge in [0.15, 0.2) is 17.3 Å². The number of carbonyl (C=O) groups is 13. The summed E-state index contributed by atoms with van der Waals surface area (Å²) in [5.74, 6) is -2.21. The van der Waals surface area contributed by atoms with Crippen LogP contribution in [0.5, 0.6) is 5.75 Å². The Morgan fingerprint density at radius 3 is 0.726 bits per heavy atom. The molecule has 0 fully saturated rings. The number of halogens is 2. The topological polar surface area (TPSA) is 366 Å². The van der Waals surface area contributed by atoms with Gasteiger partial charge in [0, 0.05) is 44.5 Å². The Labute approximate surface area is 896 Å². The highest BCUT2D eigenvalue weighted by Gasteiger charge is 2.34. The van der Waals surface area contributed by atoms with Crippen molar-refractivity contribution in [3.8, 4) is 5.75 Å².